The van der Waals surface area contributed by atoms with E-state index in [1.54, 1.807) is 0 Å². The summed E-state index contributed by atoms with van der Waals surface area (Å²) in [7, 11) is 1.50. The Hall–Kier alpha value is -1.56. The summed E-state index contributed by atoms with van der Waals surface area (Å²) in [5.74, 6) is -0.494. The molecule has 1 aliphatic carbocycles. The molecule has 1 saturated carbocycles. The van der Waals surface area contributed by atoms with Crippen molar-refractivity contribution in [2.45, 2.75) is 44.2 Å². The standard InChI is InChI=1S/C15H17F3O2.CH5N/c16-15(17,18)13-6-4-11(5-7-13)12-3-1-2-10(8-12)9-14(19)20;1-2/h4-7,10,12H,1-3,8-9H2,(H,19,20);2H2,1H3. The molecule has 0 spiro atoms. The molecular formula is C16H22F3NO2. The Morgan fingerprint density at radius 2 is 1.82 bits per heavy atom. The SMILES string of the molecule is CN.O=C(O)CC1CCCC(c2ccc(C(F)(F)F)cc2)C1. The van der Waals surface area contributed by atoms with Gasteiger partial charge in [0, 0.05) is 6.42 Å². The van der Waals surface area contributed by atoms with Gasteiger partial charge in [0.15, 0.2) is 0 Å². The Kier molecular flexibility index (Phi) is 6.87. The molecule has 0 saturated heterocycles. The van der Waals surface area contributed by atoms with Crippen molar-refractivity contribution < 1.29 is 23.1 Å². The summed E-state index contributed by atoms with van der Waals surface area (Å²) in [6, 6.07) is 5.26. The zero-order valence-corrected chi connectivity index (χ0v) is 12.6. The molecule has 0 bridgehead atoms. The summed E-state index contributed by atoms with van der Waals surface area (Å²) in [6.07, 6.45) is -0.666. The van der Waals surface area contributed by atoms with E-state index in [9.17, 15) is 18.0 Å². The molecule has 0 aromatic heterocycles. The fourth-order valence-corrected chi connectivity index (χ4v) is 2.97. The minimum Gasteiger partial charge on any atom is -0.481 e. The van der Waals surface area contributed by atoms with Crippen LogP contribution in [0.1, 0.15) is 49.1 Å². The number of carboxylic acids is 1. The molecule has 124 valence electrons. The second-order valence-electron chi connectivity index (χ2n) is 5.45. The monoisotopic (exact) mass is 317 g/mol. The molecule has 0 aliphatic heterocycles. The smallest absolute Gasteiger partial charge is 0.416 e. The van der Waals surface area contributed by atoms with Crippen LogP contribution < -0.4 is 5.73 Å². The fraction of sp³-hybridized carbons (Fsp3) is 0.562. The zero-order valence-electron chi connectivity index (χ0n) is 12.6. The average molecular weight is 317 g/mol. The number of carbonyl (C=O) groups is 1. The molecule has 0 amide bonds. The second-order valence-corrected chi connectivity index (χ2v) is 5.45. The predicted octanol–water partition coefficient (Wildman–Crippen LogP) is 4.03. The number of benzene rings is 1. The molecular weight excluding hydrogens is 295 g/mol. The molecule has 6 heteroatoms. The molecule has 3 nitrogen and oxygen atoms in total. The summed E-state index contributed by atoms with van der Waals surface area (Å²) in [6.45, 7) is 0. The van der Waals surface area contributed by atoms with Gasteiger partial charge in [0.2, 0.25) is 0 Å². The Morgan fingerprint density at radius 3 is 2.32 bits per heavy atom. The van der Waals surface area contributed by atoms with Gasteiger partial charge in [0.25, 0.3) is 0 Å². The highest BCUT2D eigenvalue weighted by Crippen LogP contribution is 2.38. The summed E-state index contributed by atoms with van der Waals surface area (Å²) < 4.78 is 37.5. The molecule has 1 aromatic carbocycles. The van der Waals surface area contributed by atoms with Crippen LogP contribution in [0, 0.1) is 5.92 Å². The van der Waals surface area contributed by atoms with Crippen LogP contribution in [0.2, 0.25) is 0 Å². The van der Waals surface area contributed by atoms with Crippen LogP contribution in [-0.4, -0.2) is 18.1 Å². The Morgan fingerprint density at radius 1 is 1.23 bits per heavy atom. The first-order chi connectivity index (χ1) is 10.4. The highest BCUT2D eigenvalue weighted by Gasteiger charge is 2.31. The zero-order chi connectivity index (χ0) is 16.8. The van der Waals surface area contributed by atoms with Crippen molar-refractivity contribution in [1.29, 1.82) is 0 Å². The molecule has 2 atom stereocenters. The first kappa shape index (κ1) is 18.5. The number of nitrogens with two attached hydrogens (primary N) is 1. The van der Waals surface area contributed by atoms with Crippen LogP contribution in [0.5, 0.6) is 0 Å². The van der Waals surface area contributed by atoms with E-state index in [4.69, 9.17) is 5.11 Å². The van der Waals surface area contributed by atoms with Gasteiger partial charge >= 0.3 is 12.1 Å². The third kappa shape index (κ3) is 5.33. The van der Waals surface area contributed by atoms with Crippen LogP contribution in [0.3, 0.4) is 0 Å². The van der Waals surface area contributed by atoms with Crippen molar-refractivity contribution >= 4 is 5.97 Å². The van der Waals surface area contributed by atoms with Crippen LogP contribution in [0.25, 0.3) is 0 Å². The van der Waals surface area contributed by atoms with Crippen LogP contribution in [0.15, 0.2) is 24.3 Å². The third-order valence-corrected chi connectivity index (χ3v) is 3.96. The molecule has 2 unspecified atom stereocenters. The number of aliphatic carboxylic acids is 1. The summed E-state index contributed by atoms with van der Waals surface area (Å²) in [4.78, 5) is 10.7. The number of hydrogen-bond acceptors (Lipinski definition) is 2. The van der Waals surface area contributed by atoms with E-state index in [0.717, 1.165) is 43.4 Å². The lowest BCUT2D eigenvalue weighted by atomic mass is 9.77. The fourth-order valence-electron chi connectivity index (χ4n) is 2.97. The summed E-state index contributed by atoms with van der Waals surface area (Å²) in [5.41, 5.74) is 4.74. The van der Waals surface area contributed by atoms with Gasteiger partial charge in [0.1, 0.15) is 0 Å². The minimum atomic E-state index is -4.31. The van der Waals surface area contributed by atoms with E-state index in [2.05, 4.69) is 5.73 Å². The van der Waals surface area contributed by atoms with Crippen molar-refractivity contribution in [3.05, 3.63) is 35.4 Å². The number of carboxylic acid groups (broad SMARTS) is 1. The van der Waals surface area contributed by atoms with Crippen molar-refractivity contribution in [2.75, 3.05) is 7.05 Å². The highest BCUT2D eigenvalue weighted by molar-refractivity contribution is 5.67. The Bertz CT molecular complexity index is 471. The van der Waals surface area contributed by atoms with Gasteiger partial charge in [-0.1, -0.05) is 18.6 Å². The molecule has 0 heterocycles. The summed E-state index contributed by atoms with van der Waals surface area (Å²) >= 11 is 0. The maximum absolute atomic E-state index is 12.5. The normalized spacial score (nSPS) is 21.7. The number of halogens is 3. The van der Waals surface area contributed by atoms with Gasteiger partial charge in [0.05, 0.1) is 5.56 Å². The molecule has 1 aromatic rings. The lowest BCUT2D eigenvalue weighted by Crippen LogP contribution is -2.17. The van der Waals surface area contributed by atoms with E-state index in [0.29, 0.717) is 0 Å². The maximum Gasteiger partial charge on any atom is 0.416 e. The first-order valence-corrected chi connectivity index (χ1v) is 7.33. The van der Waals surface area contributed by atoms with Crippen LogP contribution in [0.4, 0.5) is 13.2 Å². The van der Waals surface area contributed by atoms with Crippen molar-refractivity contribution in [3.63, 3.8) is 0 Å². The largest absolute Gasteiger partial charge is 0.481 e. The molecule has 22 heavy (non-hydrogen) atoms. The van der Waals surface area contributed by atoms with E-state index < -0.39 is 17.7 Å². The average Bonchev–Trinajstić information content (AvgIpc) is 2.48. The predicted molar refractivity (Wildman–Crippen MR) is 78.5 cm³/mol. The highest BCUT2D eigenvalue weighted by atomic mass is 19.4. The Labute approximate surface area is 128 Å². The van der Waals surface area contributed by atoms with Gasteiger partial charge in [-0.3, -0.25) is 4.79 Å². The molecule has 1 fully saturated rings. The van der Waals surface area contributed by atoms with E-state index >= 15 is 0 Å². The van der Waals surface area contributed by atoms with Gasteiger partial charge < -0.3 is 10.8 Å². The third-order valence-electron chi connectivity index (χ3n) is 3.96. The van der Waals surface area contributed by atoms with E-state index in [1.807, 2.05) is 0 Å². The van der Waals surface area contributed by atoms with E-state index in [-0.39, 0.29) is 18.3 Å². The molecule has 3 N–H and O–H groups in total. The van der Waals surface area contributed by atoms with Crippen molar-refractivity contribution in [3.8, 4) is 0 Å². The lowest BCUT2D eigenvalue weighted by Gasteiger charge is -2.28. The number of alkyl halides is 3. The van der Waals surface area contributed by atoms with E-state index in [1.165, 1.54) is 19.2 Å². The van der Waals surface area contributed by atoms with Gasteiger partial charge in [-0.05, 0) is 55.8 Å². The van der Waals surface area contributed by atoms with Gasteiger partial charge in [-0.2, -0.15) is 13.2 Å². The maximum atomic E-state index is 12.5. The van der Waals surface area contributed by atoms with Crippen molar-refractivity contribution in [2.24, 2.45) is 11.7 Å². The molecule has 1 aliphatic rings. The first-order valence-electron chi connectivity index (χ1n) is 7.33. The molecule has 0 radical (unpaired) electrons. The van der Waals surface area contributed by atoms with Gasteiger partial charge in [-0.15, -0.1) is 0 Å². The molecule has 2 rings (SSSR count). The lowest BCUT2D eigenvalue weighted by molar-refractivity contribution is -0.139. The van der Waals surface area contributed by atoms with Crippen LogP contribution >= 0.6 is 0 Å². The minimum absolute atomic E-state index is 0.133. The summed E-state index contributed by atoms with van der Waals surface area (Å²) in [5, 5.41) is 8.82. The van der Waals surface area contributed by atoms with Crippen LogP contribution in [-0.2, 0) is 11.0 Å². The quantitative estimate of drug-likeness (QED) is 0.884. The number of hydrogen-bond donors (Lipinski definition) is 2. The second kappa shape index (κ2) is 8.17. The topological polar surface area (TPSA) is 63.3 Å². The van der Waals surface area contributed by atoms with Crippen molar-refractivity contribution in [1.82, 2.24) is 0 Å². The van der Waals surface area contributed by atoms with Gasteiger partial charge in [-0.25, -0.2) is 0 Å². The Balaban J connectivity index is 0.00000116. The number of rotatable bonds is 3.